The highest BCUT2D eigenvalue weighted by Crippen LogP contribution is 2.29. The minimum absolute atomic E-state index is 0.0846. The van der Waals surface area contributed by atoms with Crippen molar-refractivity contribution in [2.45, 2.75) is 25.4 Å². The van der Waals surface area contributed by atoms with E-state index in [2.05, 4.69) is 4.98 Å². The first-order valence-corrected chi connectivity index (χ1v) is 10.9. The third kappa shape index (κ3) is 3.49. The lowest BCUT2D eigenvalue weighted by Crippen LogP contribution is -2.49. The zero-order chi connectivity index (χ0) is 19.2. The van der Waals surface area contributed by atoms with Gasteiger partial charge in [-0.3, -0.25) is 14.2 Å². The fourth-order valence-electron chi connectivity index (χ4n) is 4.07. The van der Waals surface area contributed by atoms with Crippen molar-refractivity contribution >= 4 is 26.8 Å². The molecule has 4 heterocycles. The topological polar surface area (TPSA) is 92.6 Å². The number of fused-ring (bicyclic) bond motifs is 5. The van der Waals surface area contributed by atoms with Crippen LogP contribution >= 0.6 is 0 Å². The fourth-order valence-corrected chi connectivity index (χ4v) is 4.99. The van der Waals surface area contributed by atoms with E-state index in [0.717, 1.165) is 12.8 Å². The summed E-state index contributed by atoms with van der Waals surface area (Å²) in [6.07, 6.45) is 4.32. The molecule has 8 nitrogen and oxygen atoms in total. The molecular formula is C18H22N4O4S. The van der Waals surface area contributed by atoms with Crippen molar-refractivity contribution in [2.24, 2.45) is 5.92 Å². The molecule has 5 rings (SSSR count). The minimum Gasteiger partial charge on any atom is -0.337 e. The predicted molar refractivity (Wildman–Crippen MR) is 101 cm³/mol. The van der Waals surface area contributed by atoms with Crippen LogP contribution < -0.4 is 5.56 Å². The third-order valence-corrected chi connectivity index (χ3v) is 6.74. The average molecular weight is 390 g/mol. The largest absolute Gasteiger partial charge is 0.337 e. The molecule has 0 saturated carbocycles. The highest BCUT2D eigenvalue weighted by atomic mass is 32.2. The second-order valence-electron chi connectivity index (χ2n) is 7.42. The normalized spacial score (nSPS) is 23.5. The first kappa shape index (κ1) is 18.1. The van der Waals surface area contributed by atoms with Crippen molar-refractivity contribution in [3.05, 3.63) is 40.9 Å². The number of hydrogen-bond acceptors (Lipinski definition) is 5. The van der Waals surface area contributed by atoms with Gasteiger partial charge in [0.15, 0.2) is 0 Å². The number of piperidine rings is 1. The summed E-state index contributed by atoms with van der Waals surface area (Å²) in [5.41, 5.74) is 0.357. The zero-order valence-electron chi connectivity index (χ0n) is 15.1. The van der Waals surface area contributed by atoms with E-state index in [1.54, 1.807) is 23.1 Å². The maximum atomic E-state index is 12.9. The lowest BCUT2D eigenvalue weighted by Gasteiger charge is -2.36. The van der Waals surface area contributed by atoms with Crippen LogP contribution in [-0.2, 0) is 21.4 Å². The standard InChI is InChI=1S/C18H22N4O4S/c1-27(25,26)21-8-13-6-7-14(10-21)22(9-13)17(23)11-20-12-19-16-5-3-2-4-15(16)18(20)24/h2-5,12-14H,6-11H2,1H3/t13-,14+/m0/s1. The molecule has 144 valence electrons. The van der Waals surface area contributed by atoms with Crippen LogP contribution in [0.5, 0.6) is 0 Å². The van der Waals surface area contributed by atoms with Crippen LogP contribution in [0.4, 0.5) is 0 Å². The van der Waals surface area contributed by atoms with Gasteiger partial charge in [-0.1, -0.05) is 12.1 Å². The van der Waals surface area contributed by atoms with Crippen molar-refractivity contribution in [3.8, 4) is 0 Å². The molecule has 1 amide bonds. The lowest BCUT2D eigenvalue weighted by molar-refractivity contribution is -0.136. The van der Waals surface area contributed by atoms with E-state index in [-0.39, 0.29) is 30.0 Å². The van der Waals surface area contributed by atoms with Gasteiger partial charge in [-0.2, -0.15) is 4.31 Å². The Bertz CT molecular complexity index is 1050. The van der Waals surface area contributed by atoms with Crippen molar-refractivity contribution in [3.63, 3.8) is 0 Å². The van der Waals surface area contributed by atoms with Gasteiger partial charge in [0.2, 0.25) is 15.9 Å². The van der Waals surface area contributed by atoms with Gasteiger partial charge in [0, 0.05) is 25.7 Å². The number of amides is 1. The Morgan fingerprint density at radius 3 is 2.74 bits per heavy atom. The van der Waals surface area contributed by atoms with Gasteiger partial charge in [0.25, 0.3) is 5.56 Å². The Kier molecular flexibility index (Phi) is 4.51. The second kappa shape index (κ2) is 6.72. The maximum Gasteiger partial charge on any atom is 0.261 e. The van der Waals surface area contributed by atoms with E-state index in [1.807, 2.05) is 6.07 Å². The molecule has 2 bridgehead atoms. The molecule has 9 heteroatoms. The third-order valence-electron chi connectivity index (χ3n) is 5.51. The van der Waals surface area contributed by atoms with E-state index in [0.29, 0.717) is 30.5 Å². The summed E-state index contributed by atoms with van der Waals surface area (Å²) < 4.78 is 26.7. The molecule has 0 spiro atoms. The van der Waals surface area contributed by atoms with Crippen molar-refractivity contribution in [2.75, 3.05) is 25.9 Å². The average Bonchev–Trinajstić information content (AvgIpc) is 2.96. The van der Waals surface area contributed by atoms with Crippen LogP contribution in [0, 0.1) is 5.92 Å². The first-order valence-electron chi connectivity index (χ1n) is 9.01. The van der Waals surface area contributed by atoms with E-state index in [9.17, 15) is 18.0 Å². The number of rotatable bonds is 3. The van der Waals surface area contributed by atoms with Gasteiger partial charge in [-0.15, -0.1) is 0 Å². The van der Waals surface area contributed by atoms with E-state index < -0.39 is 10.0 Å². The molecule has 0 aliphatic carbocycles. The number of aromatic nitrogens is 2. The number of para-hydroxylation sites is 1. The predicted octanol–water partition coefficient (Wildman–Crippen LogP) is 0.279. The summed E-state index contributed by atoms with van der Waals surface area (Å²) in [6.45, 7) is 1.23. The van der Waals surface area contributed by atoms with Gasteiger partial charge in [0.1, 0.15) is 6.54 Å². The van der Waals surface area contributed by atoms with Crippen molar-refractivity contribution < 1.29 is 13.2 Å². The number of sulfonamides is 1. The summed E-state index contributed by atoms with van der Waals surface area (Å²) in [4.78, 5) is 31.6. The number of benzene rings is 1. The quantitative estimate of drug-likeness (QED) is 0.751. The summed E-state index contributed by atoms with van der Waals surface area (Å²) in [5, 5.41) is 0.480. The van der Waals surface area contributed by atoms with Crippen LogP contribution in [-0.4, -0.2) is 65.0 Å². The highest BCUT2D eigenvalue weighted by Gasteiger charge is 2.39. The summed E-state index contributed by atoms with van der Waals surface area (Å²) in [5.74, 6) is -0.0342. The van der Waals surface area contributed by atoms with Crippen LogP contribution in [0.2, 0.25) is 0 Å². The number of carbonyl (C=O) groups is 1. The second-order valence-corrected chi connectivity index (χ2v) is 9.40. The van der Waals surface area contributed by atoms with Crippen molar-refractivity contribution in [1.29, 1.82) is 0 Å². The van der Waals surface area contributed by atoms with Crippen LogP contribution in [0.1, 0.15) is 12.8 Å². The number of hydrogen-bond donors (Lipinski definition) is 0. The molecule has 1 aromatic carbocycles. The molecule has 3 aliphatic rings. The number of carbonyl (C=O) groups excluding carboxylic acids is 1. The van der Waals surface area contributed by atoms with E-state index in [4.69, 9.17) is 0 Å². The smallest absolute Gasteiger partial charge is 0.261 e. The van der Waals surface area contributed by atoms with Crippen molar-refractivity contribution in [1.82, 2.24) is 18.8 Å². The molecule has 27 heavy (non-hydrogen) atoms. The monoisotopic (exact) mass is 390 g/mol. The SMILES string of the molecule is CS(=O)(=O)N1C[C@@H]2CC[C@H](C1)N(C(=O)Cn1cnc3ccccc3c1=O)C2. The Labute approximate surface area is 157 Å². The highest BCUT2D eigenvalue weighted by molar-refractivity contribution is 7.88. The zero-order valence-corrected chi connectivity index (χ0v) is 15.9. The molecule has 3 aliphatic heterocycles. The lowest BCUT2D eigenvalue weighted by atomic mass is 9.95. The fraction of sp³-hybridized carbons (Fsp3) is 0.500. The van der Waals surface area contributed by atoms with Gasteiger partial charge in [-0.25, -0.2) is 13.4 Å². The van der Waals surface area contributed by atoms with Gasteiger partial charge < -0.3 is 4.90 Å². The van der Waals surface area contributed by atoms with Gasteiger partial charge in [-0.05, 0) is 30.9 Å². The minimum atomic E-state index is -3.28. The van der Waals surface area contributed by atoms with Crippen LogP contribution in [0.25, 0.3) is 10.9 Å². The van der Waals surface area contributed by atoms with Crippen LogP contribution in [0.3, 0.4) is 0 Å². The maximum absolute atomic E-state index is 12.9. The Hall–Kier alpha value is -2.26. The molecule has 3 saturated heterocycles. The summed E-state index contributed by atoms with van der Waals surface area (Å²) in [7, 11) is -3.28. The summed E-state index contributed by atoms with van der Waals surface area (Å²) >= 11 is 0. The van der Waals surface area contributed by atoms with E-state index >= 15 is 0 Å². The molecule has 1 aromatic heterocycles. The molecule has 3 fully saturated rings. The molecule has 2 atom stereocenters. The van der Waals surface area contributed by atoms with Crippen LogP contribution in [0.15, 0.2) is 35.4 Å². The Balaban J connectivity index is 1.57. The van der Waals surface area contributed by atoms with Gasteiger partial charge in [0.05, 0.1) is 23.5 Å². The molecule has 0 radical (unpaired) electrons. The molecular weight excluding hydrogens is 368 g/mol. The molecule has 0 N–H and O–H groups in total. The number of nitrogens with zero attached hydrogens (tertiary/aromatic N) is 4. The molecule has 0 unspecified atom stereocenters. The Morgan fingerprint density at radius 1 is 1.19 bits per heavy atom. The first-order chi connectivity index (χ1) is 12.8. The molecule has 2 aromatic rings. The summed E-state index contributed by atoms with van der Waals surface area (Å²) in [6, 6.07) is 6.90. The Morgan fingerprint density at radius 2 is 1.96 bits per heavy atom. The van der Waals surface area contributed by atoms with E-state index in [1.165, 1.54) is 21.5 Å². The van der Waals surface area contributed by atoms with Gasteiger partial charge >= 0.3 is 0 Å².